The van der Waals surface area contributed by atoms with E-state index >= 15 is 0 Å². The molecule has 0 aliphatic rings. The summed E-state index contributed by atoms with van der Waals surface area (Å²) in [7, 11) is 0. The molecule has 1 heterocycles. The van der Waals surface area contributed by atoms with Gasteiger partial charge < -0.3 is 25.0 Å². The number of halogens is 1. The van der Waals surface area contributed by atoms with Gasteiger partial charge in [-0.05, 0) is 73.0 Å². The molecule has 1 aromatic heterocycles. The average Bonchev–Trinajstić information content (AvgIpc) is 3.33. The molecule has 8 nitrogen and oxygen atoms in total. The number of benzene rings is 4. The Morgan fingerprint density at radius 3 is 2.35 bits per heavy atom. The van der Waals surface area contributed by atoms with Crippen molar-refractivity contribution in [2.75, 3.05) is 0 Å². The van der Waals surface area contributed by atoms with Crippen LogP contribution in [0.3, 0.4) is 0 Å². The minimum atomic E-state index is -1.25. The van der Waals surface area contributed by atoms with Crippen molar-refractivity contribution >= 4 is 51.6 Å². The summed E-state index contributed by atoms with van der Waals surface area (Å²) in [5.41, 5.74) is 1.59. The molecule has 9 heteroatoms. The fourth-order valence-electron chi connectivity index (χ4n) is 5.12. The quantitative estimate of drug-likeness (QED) is 0.152. The number of carbonyl (C=O) groups excluding carboxylic acids is 2. The SMILES string of the molecule is CC(C)(C)NC(=O)C(c1c(C(=O)O)[nH]c2cc(Cl)ccc12)N(C=O)Cc1ccc(OCc2ccc3ccccc3c2)cc1. The van der Waals surface area contributed by atoms with Crippen molar-refractivity contribution in [3.8, 4) is 5.75 Å². The maximum absolute atomic E-state index is 13.7. The first-order valence-corrected chi connectivity index (χ1v) is 14.2. The number of nitrogens with zero attached hydrogens (tertiary/aromatic N) is 1. The number of fused-ring (bicyclic) bond motifs is 2. The van der Waals surface area contributed by atoms with E-state index in [4.69, 9.17) is 16.3 Å². The van der Waals surface area contributed by atoms with Crippen LogP contribution in [0.25, 0.3) is 21.7 Å². The van der Waals surface area contributed by atoms with Crippen LogP contribution in [0.15, 0.2) is 84.9 Å². The summed E-state index contributed by atoms with van der Waals surface area (Å²) in [6.07, 6.45) is 0.567. The number of rotatable bonds is 10. The van der Waals surface area contributed by atoms with E-state index < -0.39 is 23.5 Å². The zero-order valence-electron chi connectivity index (χ0n) is 24.1. The highest BCUT2D eigenvalue weighted by atomic mass is 35.5. The van der Waals surface area contributed by atoms with Crippen molar-refractivity contribution in [1.29, 1.82) is 0 Å². The highest BCUT2D eigenvalue weighted by Crippen LogP contribution is 2.34. The largest absolute Gasteiger partial charge is 0.489 e. The van der Waals surface area contributed by atoms with Crippen LogP contribution in [0.5, 0.6) is 5.75 Å². The van der Waals surface area contributed by atoms with Crippen LogP contribution >= 0.6 is 11.6 Å². The van der Waals surface area contributed by atoms with Crippen molar-refractivity contribution < 1.29 is 24.2 Å². The first-order chi connectivity index (χ1) is 20.5. The number of carboxylic acids is 1. The summed E-state index contributed by atoms with van der Waals surface area (Å²) < 4.78 is 6.00. The maximum atomic E-state index is 13.7. The molecular formula is C34H32ClN3O5. The van der Waals surface area contributed by atoms with E-state index in [0.29, 0.717) is 34.7 Å². The Kier molecular flexibility index (Phi) is 8.41. The highest BCUT2D eigenvalue weighted by Gasteiger charge is 2.35. The van der Waals surface area contributed by atoms with E-state index in [0.717, 1.165) is 21.9 Å². The normalized spacial score (nSPS) is 12.2. The molecule has 0 fully saturated rings. The number of ether oxygens (including phenoxy) is 1. The summed E-state index contributed by atoms with van der Waals surface area (Å²) in [4.78, 5) is 42.7. The van der Waals surface area contributed by atoms with E-state index in [-0.39, 0.29) is 17.8 Å². The molecule has 2 amide bonds. The van der Waals surface area contributed by atoms with E-state index in [1.807, 2.05) is 51.1 Å². The third-order valence-electron chi connectivity index (χ3n) is 7.01. The number of aromatic amines is 1. The minimum Gasteiger partial charge on any atom is -0.489 e. The predicted octanol–water partition coefficient (Wildman–Crippen LogP) is 6.87. The average molecular weight is 598 g/mol. The number of hydrogen-bond acceptors (Lipinski definition) is 4. The van der Waals surface area contributed by atoms with Crippen molar-refractivity contribution in [1.82, 2.24) is 15.2 Å². The number of H-pyrrole nitrogens is 1. The van der Waals surface area contributed by atoms with Gasteiger partial charge >= 0.3 is 5.97 Å². The molecule has 3 N–H and O–H groups in total. The monoisotopic (exact) mass is 597 g/mol. The Morgan fingerprint density at radius 1 is 0.977 bits per heavy atom. The summed E-state index contributed by atoms with van der Waals surface area (Å²) in [5, 5.41) is 16.1. The fraction of sp³-hybridized carbons (Fsp3) is 0.206. The molecule has 0 aliphatic carbocycles. The molecule has 0 spiro atoms. The van der Waals surface area contributed by atoms with Gasteiger partial charge in [-0.2, -0.15) is 0 Å². The van der Waals surface area contributed by atoms with Crippen LogP contribution in [0.4, 0.5) is 0 Å². The van der Waals surface area contributed by atoms with E-state index in [1.165, 1.54) is 4.90 Å². The van der Waals surface area contributed by atoms with E-state index in [2.05, 4.69) is 34.6 Å². The molecular weight excluding hydrogens is 566 g/mol. The first kappa shape index (κ1) is 29.7. The van der Waals surface area contributed by atoms with Crippen LogP contribution in [-0.4, -0.2) is 38.8 Å². The van der Waals surface area contributed by atoms with Crippen molar-refractivity contribution in [3.63, 3.8) is 0 Å². The molecule has 4 aromatic carbocycles. The van der Waals surface area contributed by atoms with Gasteiger partial charge in [0.05, 0.1) is 0 Å². The lowest BCUT2D eigenvalue weighted by Gasteiger charge is -2.31. The number of hydrogen-bond donors (Lipinski definition) is 3. The summed E-state index contributed by atoms with van der Waals surface area (Å²) in [6, 6.07) is 25.2. The van der Waals surface area contributed by atoms with Gasteiger partial charge in [-0.25, -0.2) is 4.79 Å². The molecule has 220 valence electrons. The van der Waals surface area contributed by atoms with Gasteiger partial charge in [-0.1, -0.05) is 66.2 Å². The van der Waals surface area contributed by atoms with Gasteiger partial charge in [0.15, 0.2) is 0 Å². The van der Waals surface area contributed by atoms with Crippen LogP contribution in [0.2, 0.25) is 5.02 Å². The van der Waals surface area contributed by atoms with Crippen molar-refractivity contribution in [3.05, 3.63) is 112 Å². The third kappa shape index (κ3) is 6.81. The summed E-state index contributed by atoms with van der Waals surface area (Å²) >= 11 is 6.16. The fourth-order valence-corrected chi connectivity index (χ4v) is 5.29. The van der Waals surface area contributed by atoms with Crippen LogP contribution in [0.1, 0.15) is 54.0 Å². The van der Waals surface area contributed by atoms with E-state index in [9.17, 15) is 19.5 Å². The lowest BCUT2D eigenvalue weighted by molar-refractivity contribution is -0.134. The van der Waals surface area contributed by atoms with Crippen LogP contribution in [-0.2, 0) is 22.7 Å². The van der Waals surface area contributed by atoms with Gasteiger partial charge in [0.25, 0.3) is 0 Å². The Morgan fingerprint density at radius 2 is 1.67 bits per heavy atom. The molecule has 43 heavy (non-hydrogen) atoms. The zero-order valence-corrected chi connectivity index (χ0v) is 24.8. The molecule has 5 aromatic rings. The molecule has 0 saturated carbocycles. The Balaban J connectivity index is 1.41. The molecule has 0 bridgehead atoms. The predicted molar refractivity (Wildman–Crippen MR) is 167 cm³/mol. The van der Waals surface area contributed by atoms with Crippen LogP contribution in [0, 0.1) is 0 Å². The lowest BCUT2D eigenvalue weighted by Crippen LogP contribution is -2.47. The van der Waals surface area contributed by atoms with Gasteiger partial charge in [-0.3, -0.25) is 9.59 Å². The molecule has 0 saturated heterocycles. The Labute approximate surface area is 254 Å². The number of aromatic nitrogens is 1. The molecule has 1 unspecified atom stereocenters. The second kappa shape index (κ2) is 12.2. The second-order valence-corrected chi connectivity index (χ2v) is 11.9. The third-order valence-corrected chi connectivity index (χ3v) is 7.24. The Hall–Kier alpha value is -4.82. The standard InChI is InChI=1S/C34H32ClN3O5/c1-34(2,3)37-32(40)31(29-27-15-12-25(35)17-28(27)36-30(29)33(41)42)38(20-39)18-21-9-13-26(14-10-21)43-19-22-8-11-23-6-4-5-7-24(23)16-22/h4-17,20,31,36H,18-19H2,1-3H3,(H,37,40)(H,41,42). The van der Waals surface area contributed by atoms with Gasteiger partial charge in [-0.15, -0.1) is 0 Å². The van der Waals surface area contributed by atoms with Gasteiger partial charge in [0.1, 0.15) is 24.1 Å². The van der Waals surface area contributed by atoms with Crippen molar-refractivity contribution in [2.24, 2.45) is 0 Å². The number of amides is 2. The highest BCUT2D eigenvalue weighted by molar-refractivity contribution is 6.31. The maximum Gasteiger partial charge on any atom is 0.352 e. The molecule has 0 radical (unpaired) electrons. The van der Waals surface area contributed by atoms with Crippen molar-refractivity contribution in [2.45, 2.75) is 45.5 Å². The second-order valence-electron chi connectivity index (χ2n) is 11.4. The zero-order chi connectivity index (χ0) is 30.7. The van der Waals surface area contributed by atoms with Gasteiger partial charge in [0, 0.05) is 33.6 Å². The summed E-state index contributed by atoms with van der Waals surface area (Å²) in [6.45, 7) is 5.89. The number of carbonyl (C=O) groups is 3. The minimum absolute atomic E-state index is 0.0516. The number of aromatic carboxylic acids is 1. The van der Waals surface area contributed by atoms with Crippen LogP contribution < -0.4 is 10.1 Å². The number of carboxylic acid groups (broad SMARTS) is 1. The molecule has 0 aliphatic heterocycles. The summed E-state index contributed by atoms with van der Waals surface area (Å²) in [5.74, 6) is -1.11. The van der Waals surface area contributed by atoms with E-state index in [1.54, 1.807) is 30.3 Å². The molecule has 5 rings (SSSR count). The molecule has 1 atom stereocenters. The first-order valence-electron chi connectivity index (χ1n) is 13.8. The smallest absolute Gasteiger partial charge is 0.352 e. The topological polar surface area (TPSA) is 112 Å². The van der Waals surface area contributed by atoms with Gasteiger partial charge in [0.2, 0.25) is 12.3 Å². The number of nitrogens with one attached hydrogen (secondary N) is 2. The lowest BCUT2D eigenvalue weighted by atomic mass is 9.98. The Bertz CT molecular complexity index is 1810.